The molecule has 4 rings (SSSR count). The normalized spacial score (nSPS) is 16.5. The topological polar surface area (TPSA) is 106 Å². The largest absolute Gasteiger partial charge is 0.507 e. The number of ether oxygens (including phenoxy) is 2. The first-order valence-corrected chi connectivity index (χ1v) is 13.1. The molecule has 1 aromatic heterocycles. The third kappa shape index (κ3) is 6.17. The van der Waals surface area contributed by atoms with Crippen LogP contribution in [0.2, 0.25) is 0 Å². The molecule has 1 N–H and O–H groups in total. The first-order chi connectivity index (χ1) is 18.8. The third-order valence-corrected chi connectivity index (χ3v) is 6.31. The Bertz CT molecular complexity index is 1370. The lowest BCUT2D eigenvalue weighted by atomic mass is 9.95. The van der Waals surface area contributed by atoms with Gasteiger partial charge in [-0.25, -0.2) is 4.79 Å². The Balaban J connectivity index is 1.74. The molecule has 1 fully saturated rings. The molecule has 1 amide bonds. The molecule has 1 atom stereocenters. The number of esters is 1. The predicted octanol–water partition coefficient (Wildman–Crippen LogP) is 5.84. The summed E-state index contributed by atoms with van der Waals surface area (Å²) in [6.45, 7) is 6.21. The molecule has 202 valence electrons. The maximum absolute atomic E-state index is 13.4. The number of amides is 1. The number of carbonyl (C=O) groups excluding carboxylic acids is 3. The van der Waals surface area contributed by atoms with Gasteiger partial charge in [0, 0.05) is 23.6 Å². The molecule has 2 aromatic carbocycles. The van der Waals surface area contributed by atoms with Crippen LogP contribution in [0.25, 0.3) is 5.76 Å². The summed E-state index contributed by atoms with van der Waals surface area (Å²) in [5, 5.41) is 11.3. The summed E-state index contributed by atoms with van der Waals surface area (Å²) >= 11 is 0. The van der Waals surface area contributed by atoms with Crippen molar-refractivity contribution < 1.29 is 29.0 Å². The molecule has 0 aliphatic carbocycles. The maximum atomic E-state index is 13.4. The van der Waals surface area contributed by atoms with Gasteiger partial charge in [-0.2, -0.15) is 0 Å². The molecule has 0 spiro atoms. The summed E-state index contributed by atoms with van der Waals surface area (Å²) in [6, 6.07) is 15.5. The number of anilines is 1. The van der Waals surface area contributed by atoms with Crippen LogP contribution in [-0.4, -0.2) is 40.5 Å². The highest BCUT2D eigenvalue weighted by atomic mass is 16.5. The van der Waals surface area contributed by atoms with Crippen LogP contribution in [0.1, 0.15) is 67.6 Å². The molecule has 1 aliphatic heterocycles. The fraction of sp³-hybridized carbons (Fsp3) is 0.290. The van der Waals surface area contributed by atoms with Gasteiger partial charge in [-0.1, -0.05) is 25.8 Å². The van der Waals surface area contributed by atoms with E-state index < -0.39 is 23.7 Å². The fourth-order valence-electron chi connectivity index (χ4n) is 4.43. The third-order valence-electron chi connectivity index (χ3n) is 6.31. The Morgan fingerprint density at radius 3 is 2.38 bits per heavy atom. The van der Waals surface area contributed by atoms with E-state index in [1.807, 2.05) is 0 Å². The van der Waals surface area contributed by atoms with Crippen molar-refractivity contribution in [2.75, 3.05) is 11.5 Å². The number of hydrogen-bond acceptors (Lipinski definition) is 7. The van der Waals surface area contributed by atoms with E-state index in [9.17, 15) is 19.5 Å². The smallest absolute Gasteiger partial charge is 0.338 e. The molecule has 3 aromatic rings. The number of pyridine rings is 1. The van der Waals surface area contributed by atoms with Crippen LogP contribution >= 0.6 is 0 Å². The second kappa shape index (κ2) is 12.4. The molecular weight excluding hydrogens is 496 g/mol. The number of nitrogens with zero attached hydrogens (tertiary/aromatic N) is 2. The minimum absolute atomic E-state index is 0.0574. The SMILES string of the molecule is CCCCCOc1ccc(/C(O)=C2\C(=O)C(=O)N(c3cccc(C(=O)OC(C)C)c3)C2c2ccncc2)cc1. The zero-order valence-electron chi connectivity index (χ0n) is 22.3. The van der Waals surface area contributed by atoms with Crippen LogP contribution < -0.4 is 9.64 Å². The summed E-state index contributed by atoms with van der Waals surface area (Å²) in [5.41, 5.74) is 1.47. The van der Waals surface area contributed by atoms with Crippen molar-refractivity contribution >= 4 is 29.1 Å². The van der Waals surface area contributed by atoms with Crippen LogP contribution in [0.15, 0.2) is 78.6 Å². The predicted molar refractivity (Wildman–Crippen MR) is 147 cm³/mol. The second-order valence-electron chi connectivity index (χ2n) is 9.53. The van der Waals surface area contributed by atoms with E-state index >= 15 is 0 Å². The van der Waals surface area contributed by atoms with E-state index in [0.717, 1.165) is 19.3 Å². The minimum Gasteiger partial charge on any atom is -0.507 e. The van der Waals surface area contributed by atoms with Crippen molar-refractivity contribution in [3.63, 3.8) is 0 Å². The van der Waals surface area contributed by atoms with Crippen molar-refractivity contribution in [2.45, 2.75) is 52.2 Å². The Morgan fingerprint density at radius 2 is 1.72 bits per heavy atom. The van der Waals surface area contributed by atoms with E-state index in [2.05, 4.69) is 11.9 Å². The molecule has 39 heavy (non-hydrogen) atoms. The summed E-state index contributed by atoms with van der Waals surface area (Å²) < 4.78 is 11.1. The van der Waals surface area contributed by atoms with Crippen LogP contribution in [0.3, 0.4) is 0 Å². The van der Waals surface area contributed by atoms with Crippen molar-refractivity contribution in [3.05, 3.63) is 95.3 Å². The molecule has 0 radical (unpaired) electrons. The zero-order valence-corrected chi connectivity index (χ0v) is 22.3. The average molecular weight is 529 g/mol. The Morgan fingerprint density at radius 1 is 1.00 bits per heavy atom. The molecule has 8 heteroatoms. The van der Waals surface area contributed by atoms with Gasteiger partial charge in [-0.3, -0.25) is 19.5 Å². The van der Waals surface area contributed by atoms with Crippen LogP contribution in [0, 0.1) is 0 Å². The first-order valence-electron chi connectivity index (χ1n) is 13.1. The van der Waals surface area contributed by atoms with Crippen LogP contribution in [-0.2, 0) is 14.3 Å². The van der Waals surface area contributed by atoms with Crippen molar-refractivity contribution in [2.24, 2.45) is 0 Å². The number of hydrogen-bond donors (Lipinski definition) is 1. The highest BCUT2D eigenvalue weighted by Crippen LogP contribution is 2.42. The highest BCUT2D eigenvalue weighted by molar-refractivity contribution is 6.51. The quantitative estimate of drug-likeness (QED) is 0.116. The molecular formula is C31H32N2O6. The lowest BCUT2D eigenvalue weighted by Crippen LogP contribution is -2.29. The van der Waals surface area contributed by atoms with Gasteiger partial charge in [-0.15, -0.1) is 0 Å². The Labute approximate surface area is 227 Å². The number of aromatic nitrogens is 1. The van der Waals surface area contributed by atoms with E-state index in [0.29, 0.717) is 29.2 Å². The molecule has 8 nitrogen and oxygen atoms in total. The monoisotopic (exact) mass is 528 g/mol. The molecule has 1 unspecified atom stereocenters. The van der Waals surface area contributed by atoms with Gasteiger partial charge in [0.15, 0.2) is 0 Å². The van der Waals surface area contributed by atoms with Gasteiger partial charge < -0.3 is 14.6 Å². The minimum atomic E-state index is -0.936. The summed E-state index contributed by atoms with van der Waals surface area (Å²) in [5.74, 6) is -1.83. The number of ketones is 1. The Kier molecular flexibility index (Phi) is 8.76. The zero-order chi connectivity index (χ0) is 27.9. The standard InChI is InChI=1S/C31H32N2O6/c1-4-5-6-18-38-25-12-10-22(11-13-25)28(34)26-27(21-14-16-32-17-15-21)33(30(36)29(26)35)24-9-7-8-23(19-24)31(37)39-20(2)3/h7-17,19-20,27,34H,4-6,18H2,1-3H3/b28-26+. The van der Waals surface area contributed by atoms with Crippen molar-refractivity contribution in [1.29, 1.82) is 0 Å². The van der Waals surface area contributed by atoms with Crippen LogP contribution in [0.4, 0.5) is 5.69 Å². The van der Waals surface area contributed by atoms with E-state index in [1.54, 1.807) is 80.8 Å². The fourth-order valence-corrected chi connectivity index (χ4v) is 4.43. The van der Waals surface area contributed by atoms with Gasteiger partial charge in [0.05, 0.1) is 29.9 Å². The number of unbranched alkanes of at least 4 members (excludes halogenated alkanes) is 2. The first kappa shape index (κ1) is 27.6. The van der Waals surface area contributed by atoms with Gasteiger partial charge in [0.1, 0.15) is 11.5 Å². The summed E-state index contributed by atoms with van der Waals surface area (Å²) in [6.07, 6.45) is 5.91. The van der Waals surface area contributed by atoms with Gasteiger partial charge in [0.25, 0.3) is 11.7 Å². The summed E-state index contributed by atoms with van der Waals surface area (Å²) in [7, 11) is 0. The van der Waals surface area contributed by atoms with Gasteiger partial charge in [0.2, 0.25) is 0 Å². The number of rotatable bonds is 10. The van der Waals surface area contributed by atoms with E-state index in [1.165, 1.54) is 11.0 Å². The molecule has 1 saturated heterocycles. The van der Waals surface area contributed by atoms with Gasteiger partial charge in [-0.05, 0) is 80.4 Å². The lowest BCUT2D eigenvalue weighted by Gasteiger charge is -2.25. The van der Waals surface area contributed by atoms with Crippen molar-refractivity contribution in [1.82, 2.24) is 4.98 Å². The number of aliphatic hydroxyl groups excluding tert-OH is 1. The number of benzene rings is 2. The molecule has 0 bridgehead atoms. The van der Waals surface area contributed by atoms with Gasteiger partial charge >= 0.3 is 5.97 Å². The van der Waals surface area contributed by atoms with E-state index in [4.69, 9.17) is 9.47 Å². The van der Waals surface area contributed by atoms with Crippen LogP contribution in [0.5, 0.6) is 5.75 Å². The van der Waals surface area contributed by atoms with Crippen molar-refractivity contribution in [3.8, 4) is 5.75 Å². The lowest BCUT2D eigenvalue weighted by molar-refractivity contribution is -0.132. The molecule has 0 saturated carbocycles. The summed E-state index contributed by atoms with van der Waals surface area (Å²) in [4.78, 5) is 44.7. The molecule has 2 heterocycles. The maximum Gasteiger partial charge on any atom is 0.338 e. The number of carbonyl (C=O) groups is 3. The average Bonchev–Trinajstić information content (AvgIpc) is 3.21. The van der Waals surface area contributed by atoms with E-state index in [-0.39, 0.29) is 23.0 Å². The highest BCUT2D eigenvalue weighted by Gasteiger charge is 2.47. The molecule has 1 aliphatic rings. The number of Topliss-reactive ketones (excluding diaryl/α,β-unsaturated/α-hetero) is 1. The second-order valence-corrected chi connectivity index (χ2v) is 9.53. The Hall–Kier alpha value is -4.46. The number of aliphatic hydroxyl groups is 1.